The summed E-state index contributed by atoms with van der Waals surface area (Å²) in [6.45, 7) is 0.397. The molecule has 0 saturated heterocycles. The van der Waals surface area contributed by atoms with Gasteiger partial charge in [-0.1, -0.05) is 48.5 Å². The van der Waals surface area contributed by atoms with Crippen molar-refractivity contribution in [2.24, 2.45) is 5.73 Å². The van der Waals surface area contributed by atoms with Crippen LogP contribution in [0, 0.1) is 0 Å². The molecule has 0 saturated carbocycles. The van der Waals surface area contributed by atoms with Crippen LogP contribution < -0.4 is 5.73 Å². The van der Waals surface area contributed by atoms with E-state index in [2.05, 4.69) is 0 Å². The molecule has 2 aromatic carbocycles. The second-order valence-corrected chi connectivity index (χ2v) is 6.22. The zero-order valence-corrected chi connectivity index (χ0v) is 15.1. The third kappa shape index (κ3) is 6.58. The van der Waals surface area contributed by atoms with Gasteiger partial charge < -0.3 is 26.2 Å². The first-order valence-corrected chi connectivity index (χ1v) is 8.32. The molecular weight excluding hydrogens is 350 g/mol. The van der Waals surface area contributed by atoms with E-state index in [1.165, 1.54) is 0 Å². The number of hydrogen-bond acceptors (Lipinski definition) is 6. The standard InChI is InChI=1S/C16H14O3.C4H11NO3/c1-11(16(18)19)13-8-5-9-14(10-13)15(17)12-6-3-2-4-7-12;5-4(1-6,2-7)3-8/h2-11H,1H3,(H,18,19);6-8H,1-3,5H2/t11-;/m0./s1. The predicted octanol–water partition coefficient (Wildman–Crippen LogP) is 0.766. The Labute approximate surface area is 157 Å². The van der Waals surface area contributed by atoms with Crippen LogP contribution in [-0.4, -0.2) is 57.5 Å². The smallest absolute Gasteiger partial charge is 0.310 e. The van der Waals surface area contributed by atoms with Crippen molar-refractivity contribution in [1.82, 2.24) is 0 Å². The monoisotopic (exact) mass is 375 g/mol. The minimum absolute atomic E-state index is 0.0972. The summed E-state index contributed by atoms with van der Waals surface area (Å²) in [5.74, 6) is -1.62. The van der Waals surface area contributed by atoms with Crippen LogP contribution in [-0.2, 0) is 4.79 Å². The van der Waals surface area contributed by atoms with Gasteiger partial charge in [-0.2, -0.15) is 0 Å². The maximum atomic E-state index is 12.2. The van der Waals surface area contributed by atoms with Crippen LogP contribution in [0.2, 0.25) is 0 Å². The Hall–Kier alpha value is -2.58. The Balaban J connectivity index is 0.000000387. The zero-order valence-electron chi connectivity index (χ0n) is 15.1. The van der Waals surface area contributed by atoms with E-state index in [9.17, 15) is 9.59 Å². The van der Waals surface area contributed by atoms with E-state index >= 15 is 0 Å². The quantitative estimate of drug-likeness (QED) is 0.450. The lowest BCUT2D eigenvalue weighted by Gasteiger charge is -2.20. The number of rotatable bonds is 7. The number of aliphatic carboxylic acids is 1. The normalized spacial score (nSPS) is 11.9. The molecule has 0 radical (unpaired) electrons. The van der Waals surface area contributed by atoms with E-state index < -0.39 is 37.2 Å². The molecule has 7 nitrogen and oxygen atoms in total. The maximum absolute atomic E-state index is 12.2. The van der Waals surface area contributed by atoms with Crippen LogP contribution >= 0.6 is 0 Å². The fraction of sp³-hybridized carbons (Fsp3) is 0.300. The Bertz CT molecular complexity index is 735. The number of ketones is 1. The molecule has 0 unspecified atom stereocenters. The van der Waals surface area contributed by atoms with Crippen molar-refractivity contribution >= 4 is 11.8 Å². The minimum Gasteiger partial charge on any atom is -0.481 e. The molecule has 0 bridgehead atoms. The second-order valence-electron chi connectivity index (χ2n) is 6.22. The molecule has 0 fully saturated rings. The average Bonchev–Trinajstić information content (AvgIpc) is 2.73. The Kier molecular flexibility index (Phi) is 8.77. The number of carbonyl (C=O) groups excluding carboxylic acids is 1. The minimum atomic E-state index is -1.21. The highest BCUT2D eigenvalue weighted by molar-refractivity contribution is 6.09. The Morgan fingerprint density at radius 1 is 0.926 bits per heavy atom. The summed E-state index contributed by atoms with van der Waals surface area (Å²) < 4.78 is 0. The predicted molar refractivity (Wildman–Crippen MR) is 101 cm³/mol. The summed E-state index contributed by atoms with van der Waals surface area (Å²) in [5, 5.41) is 34.0. The lowest BCUT2D eigenvalue weighted by molar-refractivity contribution is -0.138. The Morgan fingerprint density at radius 2 is 1.44 bits per heavy atom. The van der Waals surface area contributed by atoms with Crippen molar-refractivity contribution in [1.29, 1.82) is 0 Å². The number of aliphatic hydroxyl groups excluding tert-OH is 3. The summed E-state index contributed by atoms with van der Waals surface area (Å²) in [4.78, 5) is 23.2. The highest BCUT2D eigenvalue weighted by Crippen LogP contribution is 2.18. The van der Waals surface area contributed by atoms with Crippen LogP contribution in [0.5, 0.6) is 0 Å². The third-order valence-electron chi connectivity index (χ3n) is 4.00. The molecule has 0 aliphatic rings. The number of carboxylic acids is 1. The lowest BCUT2D eigenvalue weighted by Crippen LogP contribution is -2.50. The van der Waals surface area contributed by atoms with Crippen LogP contribution in [0.1, 0.15) is 34.3 Å². The summed E-state index contributed by atoms with van der Waals surface area (Å²) in [6, 6.07) is 15.7. The molecule has 6 N–H and O–H groups in total. The molecule has 27 heavy (non-hydrogen) atoms. The van der Waals surface area contributed by atoms with Gasteiger partial charge >= 0.3 is 5.97 Å². The number of benzene rings is 2. The number of hydrogen-bond donors (Lipinski definition) is 5. The highest BCUT2D eigenvalue weighted by Gasteiger charge is 2.20. The van der Waals surface area contributed by atoms with Gasteiger partial charge in [-0.05, 0) is 18.6 Å². The second kappa shape index (κ2) is 10.5. The van der Waals surface area contributed by atoms with Gasteiger partial charge in [0.2, 0.25) is 0 Å². The van der Waals surface area contributed by atoms with Gasteiger partial charge in [0, 0.05) is 11.1 Å². The molecule has 0 heterocycles. The van der Waals surface area contributed by atoms with Gasteiger partial charge in [0.05, 0.1) is 31.3 Å². The molecule has 146 valence electrons. The van der Waals surface area contributed by atoms with Crippen LogP contribution in [0.15, 0.2) is 54.6 Å². The number of aliphatic hydroxyl groups is 3. The first-order valence-electron chi connectivity index (χ1n) is 8.32. The molecule has 0 amide bonds. The fourth-order valence-corrected chi connectivity index (χ4v) is 2.00. The zero-order chi connectivity index (χ0) is 20.4. The number of carboxylic acid groups (broad SMARTS) is 1. The average molecular weight is 375 g/mol. The van der Waals surface area contributed by atoms with Gasteiger partial charge in [-0.3, -0.25) is 9.59 Å². The first-order chi connectivity index (χ1) is 12.8. The van der Waals surface area contributed by atoms with E-state index in [0.717, 1.165) is 0 Å². The van der Waals surface area contributed by atoms with Gasteiger partial charge in [0.25, 0.3) is 0 Å². The van der Waals surface area contributed by atoms with Gasteiger partial charge in [-0.15, -0.1) is 0 Å². The van der Waals surface area contributed by atoms with E-state index in [4.69, 9.17) is 26.2 Å². The molecular formula is C20H25NO6. The maximum Gasteiger partial charge on any atom is 0.310 e. The van der Waals surface area contributed by atoms with Crippen molar-refractivity contribution in [3.8, 4) is 0 Å². The fourth-order valence-electron chi connectivity index (χ4n) is 2.00. The molecule has 0 aliphatic heterocycles. The van der Waals surface area contributed by atoms with Gasteiger partial charge in [0.1, 0.15) is 0 Å². The van der Waals surface area contributed by atoms with Crippen LogP contribution in [0.4, 0.5) is 0 Å². The Morgan fingerprint density at radius 3 is 1.89 bits per heavy atom. The molecule has 0 aliphatic carbocycles. The molecule has 7 heteroatoms. The summed E-state index contributed by atoms with van der Waals surface area (Å²) >= 11 is 0. The van der Waals surface area contributed by atoms with Crippen LogP contribution in [0.3, 0.4) is 0 Å². The summed E-state index contributed by atoms with van der Waals surface area (Å²) in [7, 11) is 0. The van der Waals surface area contributed by atoms with Crippen molar-refractivity contribution in [2.45, 2.75) is 18.4 Å². The topological polar surface area (TPSA) is 141 Å². The molecule has 0 spiro atoms. The lowest BCUT2D eigenvalue weighted by atomic mass is 9.96. The molecule has 0 aromatic heterocycles. The van der Waals surface area contributed by atoms with Crippen molar-refractivity contribution in [2.75, 3.05) is 19.8 Å². The largest absolute Gasteiger partial charge is 0.481 e. The summed E-state index contributed by atoms with van der Waals surface area (Å²) in [6.07, 6.45) is 0. The van der Waals surface area contributed by atoms with E-state index in [1.807, 2.05) is 6.07 Å². The van der Waals surface area contributed by atoms with Gasteiger partial charge in [-0.25, -0.2) is 0 Å². The first kappa shape index (κ1) is 22.5. The SMILES string of the molecule is C[C@H](C(=O)O)c1cccc(C(=O)c2ccccc2)c1.NC(CO)(CO)CO. The van der Waals surface area contributed by atoms with E-state index in [0.29, 0.717) is 16.7 Å². The molecule has 2 aromatic rings. The number of carbonyl (C=O) groups is 2. The number of nitrogens with two attached hydrogens (primary N) is 1. The highest BCUT2D eigenvalue weighted by atomic mass is 16.4. The molecule has 2 rings (SSSR count). The molecule has 1 atom stereocenters. The van der Waals surface area contributed by atoms with Crippen LogP contribution in [0.25, 0.3) is 0 Å². The van der Waals surface area contributed by atoms with Crippen molar-refractivity contribution < 1.29 is 30.0 Å². The van der Waals surface area contributed by atoms with E-state index in [-0.39, 0.29) is 5.78 Å². The van der Waals surface area contributed by atoms with Gasteiger partial charge in [0.15, 0.2) is 5.78 Å². The van der Waals surface area contributed by atoms with Crippen molar-refractivity contribution in [3.63, 3.8) is 0 Å². The van der Waals surface area contributed by atoms with Crippen molar-refractivity contribution in [3.05, 3.63) is 71.3 Å². The van der Waals surface area contributed by atoms with E-state index in [1.54, 1.807) is 55.5 Å². The third-order valence-corrected chi connectivity index (χ3v) is 4.00. The summed E-state index contributed by atoms with van der Waals surface area (Å²) in [5.41, 5.74) is 5.68.